The minimum atomic E-state index is -1.24. The van der Waals surface area contributed by atoms with Crippen LogP contribution < -0.4 is 0 Å². The van der Waals surface area contributed by atoms with E-state index < -0.39 is 5.91 Å². The van der Waals surface area contributed by atoms with Crippen LogP contribution in [-0.4, -0.2) is 39.9 Å². The van der Waals surface area contributed by atoms with E-state index in [-0.39, 0.29) is 12.5 Å². The number of carbonyl (C=O) groups excluding carboxylic acids is 1. The number of halogens is 1. The van der Waals surface area contributed by atoms with E-state index in [4.69, 9.17) is 5.10 Å². The van der Waals surface area contributed by atoms with Gasteiger partial charge in [0.15, 0.2) is 5.91 Å². The van der Waals surface area contributed by atoms with Crippen molar-refractivity contribution in [1.82, 2.24) is 15.0 Å². The first kappa shape index (κ1) is 27.0. The second kappa shape index (κ2) is 12.9. The molecule has 0 fully saturated rings. The summed E-state index contributed by atoms with van der Waals surface area (Å²) < 4.78 is 13.5. The molecule has 0 aliphatic rings. The van der Waals surface area contributed by atoms with Crippen molar-refractivity contribution in [2.75, 3.05) is 7.05 Å². The molecule has 0 saturated carbocycles. The lowest BCUT2D eigenvalue weighted by molar-refractivity contribution is -0.129. The monoisotopic (exact) mass is 503 g/mol. The number of aromatic nitrogens is 2. The number of nitrogens with zero attached hydrogens (tertiary/aromatic N) is 5. The summed E-state index contributed by atoms with van der Waals surface area (Å²) in [4.78, 5) is 25.3. The highest BCUT2D eigenvalue weighted by molar-refractivity contribution is 7.16. The maximum absolute atomic E-state index is 13.5. The van der Waals surface area contributed by atoms with Crippen molar-refractivity contribution in [3.63, 3.8) is 0 Å². The molecule has 2 atom stereocenters. The Morgan fingerprint density at radius 3 is 2.33 bits per heavy atom. The second-order valence-corrected chi connectivity index (χ2v) is 8.83. The van der Waals surface area contributed by atoms with Gasteiger partial charge in [-0.1, -0.05) is 52.1 Å². The van der Waals surface area contributed by atoms with Gasteiger partial charge in [0.1, 0.15) is 0 Å². The molecule has 3 rings (SSSR count). The fourth-order valence-electron chi connectivity index (χ4n) is 3.67. The Morgan fingerprint density at radius 1 is 1.11 bits per heavy atom. The Balaban J connectivity index is 2.15. The third-order valence-electron chi connectivity index (χ3n) is 5.55. The molecular formula is C28H31FN5OP. The van der Waals surface area contributed by atoms with Crippen LogP contribution in [0.1, 0.15) is 54.1 Å². The molecule has 0 radical (unpaired) electrons. The van der Waals surface area contributed by atoms with E-state index in [1.54, 1.807) is 37.8 Å². The SMILES string of the molecule is CCC(=N\N(Cc1ccc(C(F)P)nc1)C(C)=O)/C(=C(\C=NC)c1ccc(C)cc1)c1ccncc1. The van der Waals surface area contributed by atoms with Crippen LogP contribution >= 0.6 is 9.24 Å². The minimum absolute atomic E-state index is 0.213. The molecule has 8 heteroatoms. The molecule has 0 spiro atoms. The Kier molecular flexibility index (Phi) is 9.71. The number of amides is 1. The van der Waals surface area contributed by atoms with E-state index in [2.05, 4.69) is 48.5 Å². The number of benzene rings is 1. The number of rotatable bonds is 9. The average molecular weight is 504 g/mol. The summed E-state index contributed by atoms with van der Waals surface area (Å²) in [6.07, 6.45) is 7.44. The van der Waals surface area contributed by atoms with Gasteiger partial charge >= 0.3 is 0 Å². The molecular weight excluding hydrogens is 472 g/mol. The van der Waals surface area contributed by atoms with Crippen molar-refractivity contribution in [3.05, 3.63) is 95.1 Å². The van der Waals surface area contributed by atoms with Gasteiger partial charge in [-0.25, -0.2) is 9.40 Å². The zero-order valence-electron chi connectivity index (χ0n) is 21.0. The van der Waals surface area contributed by atoms with Crippen LogP contribution in [0, 0.1) is 6.92 Å². The summed E-state index contributed by atoms with van der Waals surface area (Å²) in [5.41, 5.74) is 6.64. The Labute approximate surface area is 214 Å². The van der Waals surface area contributed by atoms with E-state index in [1.165, 1.54) is 11.9 Å². The first-order chi connectivity index (χ1) is 17.3. The Morgan fingerprint density at radius 2 is 1.81 bits per heavy atom. The molecule has 3 aromatic rings. The van der Waals surface area contributed by atoms with Crippen molar-refractivity contribution in [3.8, 4) is 0 Å². The number of hydrazone groups is 1. The van der Waals surface area contributed by atoms with Gasteiger partial charge in [-0.15, -0.1) is 0 Å². The zero-order chi connectivity index (χ0) is 26.1. The summed E-state index contributed by atoms with van der Waals surface area (Å²) in [5, 5.41) is 6.24. The number of pyridine rings is 2. The van der Waals surface area contributed by atoms with Crippen LogP contribution in [0.2, 0.25) is 0 Å². The minimum Gasteiger partial charge on any atom is -0.296 e. The van der Waals surface area contributed by atoms with Crippen molar-refractivity contribution in [2.24, 2.45) is 10.1 Å². The van der Waals surface area contributed by atoms with Crippen molar-refractivity contribution < 1.29 is 9.18 Å². The van der Waals surface area contributed by atoms with Crippen LogP contribution in [0.3, 0.4) is 0 Å². The molecule has 1 aromatic carbocycles. The number of hydrogen-bond donors (Lipinski definition) is 0. The lowest BCUT2D eigenvalue weighted by Crippen LogP contribution is -2.25. The molecule has 0 bridgehead atoms. The Bertz CT molecular complexity index is 1250. The van der Waals surface area contributed by atoms with Crippen molar-refractivity contribution in [2.45, 2.75) is 39.6 Å². The molecule has 2 aromatic heterocycles. The van der Waals surface area contributed by atoms with E-state index in [0.717, 1.165) is 39.1 Å². The summed E-state index contributed by atoms with van der Waals surface area (Å²) in [7, 11) is 3.81. The average Bonchev–Trinajstić information content (AvgIpc) is 2.88. The van der Waals surface area contributed by atoms with E-state index >= 15 is 0 Å². The zero-order valence-corrected chi connectivity index (χ0v) is 22.2. The van der Waals surface area contributed by atoms with Crippen LogP contribution in [-0.2, 0) is 11.3 Å². The molecule has 0 aliphatic carbocycles. The molecule has 0 saturated heterocycles. The summed E-state index contributed by atoms with van der Waals surface area (Å²) in [6.45, 7) is 5.74. The second-order valence-electron chi connectivity index (χ2n) is 8.25. The van der Waals surface area contributed by atoms with Gasteiger partial charge < -0.3 is 0 Å². The third-order valence-corrected chi connectivity index (χ3v) is 5.89. The predicted octanol–water partition coefficient (Wildman–Crippen LogP) is 6.05. The van der Waals surface area contributed by atoms with Gasteiger partial charge in [0.05, 0.1) is 18.0 Å². The van der Waals surface area contributed by atoms with E-state index in [9.17, 15) is 9.18 Å². The molecule has 2 unspecified atom stereocenters. The lowest BCUT2D eigenvalue weighted by atomic mass is 9.91. The lowest BCUT2D eigenvalue weighted by Gasteiger charge is -2.20. The fourth-order valence-corrected chi connectivity index (χ4v) is 3.86. The van der Waals surface area contributed by atoms with Crippen molar-refractivity contribution >= 4 is 38.2 Å². The van der Waals surface area contributed by atoms with Gasteiger partial charge in [-0.3, -0.25) is 19.8 Å². The highest BCUT2D eigenvalue weighted by atomic mass is 31.0. The molecule has 6 nitrogen and oxygen atoms in total. The fraction of sp³-hybridized carbons (Fsp3) is 0.250. The molecule has 0 N–H and O–H groups in total. The number of aliphatic imine (C=N–C) groups is 1. The van der Waals surface area contributed by atoms with Crippen LogP contribution in [0.5, 0.6) is 0 Å². The van der Waals surface area contributed by atoms with Gasteiger partial charge in [0, 0.05) is 49.9 Å². The number of allylic oxidation sites excluding steroid dienone is 2. The maximum Gasteiger partial charge on any atom is 0.239 e. The largest absolute Gasteiger partial charge is 0.296 e. The van der Waals surface area contributed by atoms with E-state index in [0.29, 0.717) is 12.1 Å². The van der Waals surface area contributed by atoms with Crippen molar-refractivity contribution in [1.29, 1.82) is 0 Å². The number of carbonyl (C=O) groups is 1. The van der Waals surface area contributed by atoms with E-state index in [1.807, 2.05) is 32.2 Å². The van der Waals surface area contributed by atoms with Gasteiger partial charge in [-0.05, 0) is 48.2 Å². The predicted molar refractivity (Wildman–Crippen MR) is 148 cm³/mol. The van der Waals surface area contributed by atoms with Gasteiger partial charge in [-0.2, -0.15) is 5.10 Å². The summed E-state index contributed by atoms with van der Waals surface area (Å²) in [5.74, 6) is -1.45. The van der Waals surface area contributed by atoms with Crippen LogP contribution in [0.4, 0.5) is 4.39 Å². The van der Waals surface area contributed by atoms with Gasteiger partial charge in [0.25, 0.3) is 0 Å². The first-order valence-corrected chi connectivity index (χ1v) is 12.3. The van der Waals surface area contributed by atoms with Crippen LogP contribution in [0.25, 0.3) is 11.1 Å². The van der Waals surface area contributed by atoms with Gasteiger partial charge in [0.2, 0.25) is 5.91 Å². The first-order valence-electron chi connectivity index (χ1n) is 11.7. The third kappa shape index (κ3) is 6.98. The maximum atomic E-state index is 13.5. The summed E-state index contributed by atoms with van der Waals surface area (Å²) in [6, 6.07) is 15.5. The standard InChI is InChI=1S/C28H31FN5OP/c1-5-25(33-34(20(3)35)18-21-8-11-26(28(29)36)32-16-21)27(23-12-14-31-15-13-23)24(17-30-4)22-9-6-19(2)7-10-22/h6-17,28H,5,18,36H2,1-4H3/b27-24+,30-17?,33-25+. The van der Waals surface area contributed by atoms with Crippen LogP contribution in [0.15, 0.2) is 77.2 Å². The molecule has 2 heterocycles. The molecule has 36 heavy (non-hydrogen) atoms. The number of alkyl halides is 1. The summed E-state index contributed by atoms with van der Waals surface area (Å²) >= 11 is 0. The molecule has 0 aliphatic heterocycles. The number of hydrogen-bond acceptors (Lipinski definition) is 5. The topological polar surface area (TPSA) is 70.8 Å². The highest BCUT2D eigenvalue weighted by Gasteiger charge is 2.19. The quantitative estimate of drug-likeness (QED) is 0.203. The molecule has 1 amide bonds. The smallest absolute Gasteiger partial charge is 0.239 e. The Hall–Kier alpha value is -3.57. The normalized spacial score (nSPS) is 13.4. The highest BCUT2D eigenvalue weighted by Crippen LogP contribution is 2.29. The molecule has 186 valence electrons. The number of aryl methyl sites for hydroxylation is 1.